The minimum absolute atomic E-state index is 0.0778. The molecule has 1 heterocycles. The molecule has 6 N–H and O–H groups in total. The fraction of sp³-hybridized carbons (Fsp3) is 0.188. The molecule has 26 heavy (non-hydrogen) atoms. The molecule has 7 nitrogen and oxygen atoms in total. The minimum atomic E-state index is -0.683. The Morgan fingerprint density at radius 1 is 1.31 bits per heavy atom. The highest BCUT2D eigenvalue weighted by Gasteiger charge is 2.19. The number of nitrogens with two attached hydrogens (primary N) is 2. The van der Waals surface area contributed by atoms with E-state index in [0.717, 1.165) is 6.08 Å². The molecule has 0 radical (unpaired) electrons. The lowest BCUT2D eigenvalue weighted by Crippen LogP contribution is -2.14. The zero-order chi connectivity index (χ0) is 19.3. The van der Waals surface area contributed by atoms with E-state index in [-0.39, 0.29) is 18.8 Å². The molecule has 1 aromatic carbocycles. The van der Waals surface area contributed by atoms with Gasteiger partial charge in [-0.05, 0) is 18.4 Å². The van der Waals surface area contributed by atoms with Gasteiger partial charge in [0.15, 0.2) is 0 Å². The highest BCUT2D eigenvalue weighted by molar-refractivity contribution is 7.98. The van der Waals surface area contributed by atoms with Crippen LogP contribution in [0, 0.1) is 0 Å². The smallest absolute Gasteiger partial charge is 0.243 e. The zero-order valence-electron chi connectivity index (χ0n) is 13.8. The van der Waals surface area contributed by atoms with Crippen molar-refractivity contribution < 1.29 is 9.90 Å². The summed E-state index contributed by atoms with van der Waals surface area (Å²) in [6, 6.07) is 5.02. The molecule has 1 aromatic heterocycles. The van der Waals surface area contributed by atoms with Crippen molar-refractivity contribution in [1.82, 2.24) is 9.97 Å². The second-order valence-corrected chi connectivity index (χ2v) is 6.67. The maximum Gasteiger partial charge on any atom is 0.243 e. The Morgan fingerprint density at radius 3 is 2.62 bits per heavy atom. The van der Waals surface area contributed by atoms with Gasteiger partial charge in [-0.3, -0.25) is 4.79 Å². The number of thioether (sulfide) groups is 1. The predicted molar refractivity (Wildman–Crippen MR) is 106 cm³/mol. The van der Waals surface area contributed by atoms with Crippen LogP contribution in [0.2, 0.25) is 10.0 Å². The lowest BCUT2D eigenvalue weighted by Gasteiger charge is -2.15. The molecule has 0 aliphatic rings. The summed E-state index contributed by atoms with van der Waals surface area (Å²) in [5.41, 5.74) is 13.0. The predicted octanol–water partition coefficient (Wildman–Crippen LogP) is 2.36. The molecule has 0 aliphatic carbocycles. The number of hydrogen-bond donors (Lipinski definition) is 4. The van der Waals surface area contributed by atoms with Gasteiger partial charge in [0.25, 0.3) is 0 Å². The van der Waals surface area contributed by atoms with Crippen LogP contribution in [-0.4, -0.2) is 40.4 Å². The molecule has 1 amide bonds. The Balaban J connectivity index is 2.74. The summed E-state index contributed by atoms with van der Waals surface area (Å²) in [7, 11) is 0. The van der Waals surface area contributed by atoms with E-state index in [4.69, 9.17) is 39.8 Å². The molecule has 0 fully saturated rings. The van der Waals surface area contributed by atoms with Crippen molar-refractivity contribution in [2.24, 2.45) is 11.5 Å². The summed E-state index contributed by atoms with van der Waals surface area (Å²) in [4.78, 5) is 20.1. The largest absolute Gasteiger partial charge is 0.398 e. The first-order chi connectivity index (χ1) is 12.4. The number of carbonyl (C=O) groups is 1. The van der Waals surface area contributed by atoms with E-state index in [1.54, 1.807) is 18.2 Å². The normalized spacial score (nSPS) is 11.5. The van der Waals surface area contributed by atoms with Crippen molar-refractivity contribution in [2.45, 2.75) is 5.03 Å². The number of nitrogens with one attached hydrogen (secondary N) is 1. The number of aliphatic hydroxyl groups excluding tert-OH is 1. The SMILES string of the molecule is CSc1nc(NCCO)nc(-c2ccc(Cl)c(Cl)c2)c1/C(N)=C/C(N)=O. The number of amides is 1. The second kappa shape index (κ2) is 9.09. The van der Waals surface area contributed by atoms with E-state index in [0.29, 0.717) is 37.8 Å². The molecule has 2 rings (SSSR count). The number of halogens is 2. The van der Waals surface area contributed by atoms with E-state index in [2.05, 4.69) is 15.3 Å². The minimum Gasteiger partial charge on any atom is -0.398 e. The molecule has 0 saturated carbocycles. The lowest BCUT2D eigenvalue weighted by atomic mass is 10.0. The summed E-state index contributed by atoms with van der Waals surface area (Å²) < 4.78 is 0. The molecule has 0 bridgehead atoms. The number of anilines is 1. The fourth-order valence-electron chi connectivity index (χ4n) is 2.17. The molecular formula is C16H17Cl2N5O2S. The number of nitrogens with zero attached hydrogens (tertiary/aromatic N) is 2. The number of carbonyl (C=O) groups excluding carboxylic acids is 1. The van der Waals surface area contributed by atoms with Crippen LogP contribution in [0.1, 0.15) is 5.56 Å². The van der Waals surface area contributed by atoms with Crippen molar-refractivity contribution in [3.8, 4) is 11.3 Å². The van der Waals surface area contributed by atoms with Crippen molar-refractivity contribution in [2.75, 3.05) is 24.7 Å². The number of benzene rings is 1. The average Bonchev–Trinajstić information content (AvgIpc) is 2.60. The van der Waals surface area contributed by atoms with Crippen molar-refractivity contribution in [3.05, 3.63) is 39.9 Å². The molecule has 10 heteroatoms. The van der Waals surface area contributed by atoms with Crippen LogP contribution in [0.5, 0.6) is 0 Å². The Morgan fingerprint density at radius 2 is 2.04 bits per heavy atom. The van der Waals surface area contributed by atoms with Crippen molar-refractivity contribution >= 4 is 52.5 Å². The van der Waals surface area contributed by atoms with Crippen LogP contribution in [0.25, 0.3) is 17.0 Å². The third-order valence-corrected chi connectivity index (χ3v) is 4.66. The lowest BCUT2D eigenvalue weighted by molar-refractivity contribution is -0.113. The maximum atomic E-state index is 11.3. The maximum absolute atomic E-state index is 11.3. The Bertz CT molecular complexity index is 861. The van der Waals surface area contributed by atoms with Gasteiger partial charge in [0.1, 0.15) is 5.03 Å². The highest BCUT2D eigenvalue weighted by atomic mass is 35.5. The van der Waals surface area contributed by atoms with Gasteiger partial charge >= 0.3 is 0 Å². The summed E-state index contributed by atoms with van der Waals surface area (Å²) in [6.07, 6.45) is 2.93. The first kappa shape index (κ1) is 20.3. The Kier molecular flexibility index (Phi) is 7.10. The number of rotatable bonds is 7. The van der Waals surface area contributed by atoms with Crippen molar-refractivity contribution in [1.29, 1.82) is 0 Å². The summed E-state index contributed by atoms with van der Waals surface area (Å²) in [6.45, 7) is 0.201. The van der Waals surface area contributed by atoms with Gasteiger partial charge in [0, 0.05) is 23.9 Å². The zero-order valence-corrected chi connectivity index (χ0v) is 16.1. The molecule has 0 unspecified atom stereocenters. The van der Waals surface area contributed by atoms with Gasteiger partial charge in [-0.1, -0.05) is 29.3 Å². The van der Waals surface area contributed by atoms with Crippen LogP contribution in [-0.2, 0) is 4.79 Å². The van der Waals surface area contributed by atoms with Gasteiger partial charge in [-0.25, -0.2) is 9.97 Å². The van der Waals surface area contributed by atoms with E-state index < -0.39 is 5.91 Å². The van der Waals surface area contributed by atoms with E-state index in [1.807, 2.05) is 6.26 Å². The van der Waals surface area contributed by atoms with Crippen LogP contribution in [0.15, 0.2) is 29.3 Å². The van der Waals surface area contributed by atoms with Crippen LogP contribution >= 0.6 is 35.0 Å². The molecule has 0 spiro atoms. The standard InChI is InChI=1S/C16H17Cl2N5O2S/c1-26-15-13(11(19)7-12(20)25)14(22-16(23-15)21-4-5-24)8-2-3-9(17)10(18)6-8/h2-3,6-7,24H,4-5,19H2,1H3,(H2,20,25)(H,21,22,23)/b11-7-. The topological polar surface area (TPSA) is 127 Å². The third-order valence-electron chi connectivity index (χ3n) is 3.24. The molecule has 0 atom stereocenters. The van der Waals surface area contributed by atoms with E-state index >= 15 is 0 Å². The number of primary amides is 1. The number of aromatic nitrogens is 2. The Hall–Kier alpha value is -2.00. The van der Waals surface area contributed by atoms with Crippen LogP contribution < -0.4 is 16.8 Å². The fourth-order valence-corrected chi connectivity index (χ4v) is 3.07. The van der Waals surface area contributed by atoms with Crippen LogP contribution in [0.3, 0.4) is 0 Å². The molecule has 2 aromatic rings. The van der Waals surface area contributed by atoms with Gasteiger partial charge in [-0.2, -0.15) is 0 Å². The van der Waals surface area contributed by atoms with Crippen molar-refractivity contribution in [3.63, 3.8) is 0 Å². The summed E-state index contributed by atoms with van der Waals surface area (Å²) >= 11 is 13.4. The Labute approximate surface area is 164 Å². The van der Waals surface area contributed by atoms with Gasteiger partial charge < -0.3 is 21.9 Å². The quantitative estimate of drug-likeness (QED) is 0.311. The molecular weight excluding hydrogens is 397 g/mol. The van der Waals surface area contributed by atoms with E-state index in [9.17, 15) is 4.79 Å². The van der Waals surface area contributed by atoms with E-state index in [1.165, 1.54) is 11.8 Å². The second-order valence-electron chi connectivity index (χ2n) is 5.06. The van der Waals surface area contributed by atoms with Crippen LogP contribution in [0.4, 0.5) is 5.95 Å². The first-order valence-electron chi connectivity index (χ1n) is 7.40. The summed E-state index contributed by atoms with van der Waals surface area (Å²) in [5, 5.41) is 13.2. The summed E-state index contributed by atoms with van der Waals surface area (Å²) in [5.74, 6) is -0.378. The number of aliphatic hydroxyl groups is 1. The monoisotopic (exact) mass is 413 g/mol. The molecule has 0 saturated heterocycles. The van der Waals surface area contributed by atoms with Gasteiger partial charge in [-0.15, -0.1) is 11.8 Å². The molecule has 138 valence electrons. The van der Waals surface area contributed by atoms with Gasteiger partial charge in [0.2, 0.25) is 11.9 Å². The highest BCUT2D eigenvalue weighted by Crippen LogP contribution is 2.35. The third kappa shape index (κ3) is 4.79. The van der Waals surface area contributed by atoms with Gasteiger partial charge in [0.05, 0.1) is 27.9 Å². The first-order valence-corrected chi connectivity index (χ1v) is 9.38. The number of hydrogen-bond acceptors (Lipinski definition) is 7. The molecule has 0 aliphatic heterocycles. The average molecular weight is 414 g/mol.